The summed E-state index contributed by atoms with van der Waals surface area (Å²) >= 11 is 0. The van der Waals surface area contributed by atoms with Crippen LogP contribution in [0.5, 0.6) is 0 Å². The average Bonchev–Trinajstić information content (AvgIpc) is 2.75. The van der Waals surface area contributed by atoms with E-state index in [2.05, 4.69) is 5.32 Å². The number of hydrogen-bond donors (Lipinski definition) is 2. The van der Waals surface area contributed by atoms with Gasteiger partial charge in [0.25, 0.3) is 0 Å². The van der Waals surface area contributed by atoms with Crippen molar-refractivity contribution in [2.75, 3.05) is 6.54 Å². The molecule has 1 fully saturated rings. The van der Waals surface area contributed by atoms with E-state index >= 15 is 0 Å². The molecule has 0 bridgehead atoms. The first-order chi connectivity index (χ1) is 6.79. The Kier molecular flexibility index (Phi) is 3.21. The summed E-state index contributed by atoms with van der Waals surface area (Å²) in [6.45, 7) is 5.73. The molecule has 2 atom stereocenters. The number of nitrogens with one attached hydrogen (secondary N) is 1. The normalized spacial score (nSPS) is 24.5. The average molecular weight is 215 g/mol. The summed E-state index contributed by atoms with van der Waals surface area (Å²) in [5.41, 5.74) is -0.514. The number of hydrogen-bond acceptors (Lipinski definition) is 3. The van der Waals surface area contributed by atoms with E-state index in [0.29, 0.717) is 13.0 Å². The molecule has 0 radical (unpaired) electrons. The van der Waals surface area contributed by atoms with Crippen LogP contribution in [0.4, 0.5) is 4.79 Å². The van der Waals surface area contributed by atoms with Crippen molar-refractivity contribution in [3.05, 3.63) is 0 Å². The molecule has 0 aromatic carbocycles. The van der Waals surface area contributed by atoms with Crippen molar-refractivity contribution in [1.29, 1.82) is 0 Å². The second-order valence-electron chi connectivity index (χ2n) is 4.82. The summed E-state index contributed by atoms with van der Waals surface area (Å²) in [6.07, 6.45) is 0.157. The molecule has 2 unspecified atom stereocenters. The van der Waals surface area contributed by atoms with Gasteiger partial charge >= 0.3 is 12.1 Å². The Hall–Kier alpha value is -1.26. The summed E-state index contributed by atoms with van der Waals surface area (Å²) in [5, 5.41) is 11.2. The molecular formula is C10H17NO4. The van der Waals surface area contributed by atoms with Gasteiger partial charge in [-0.1, -0.05) is 0 Å². The van der Waals surface area contributed by atoms with Gasteiger partial charge in [-0.15, -0.1) is 0 Å². The third kappa shape index (κ3) is 4.18. The topological polar surface area (TPSA) is 75.6 Å². The largest absolute Gasteiger partial charge is 0.481 e. The van der Waals surface area contributed by atoms with Crippen LogP contribution in [0.15, 0.2) is 0 Å². The molecule has 5 heteroatoms. The Balaban J connectivity index is 2.17. The summed E-state index contributed by atoms with van der Waals surface area (Å²) in [4.78, 5) is 21.7. The number of amides is 1. The molecule has 0 aromatic heterocycles. The summed E-state index contributed by atoms with van der Waals surface area (Å²) < 4.78 is 5.01. The predicted molar refractivity (Wildman–Crippen MR) is 53.5 cm³/mol. The maximum Gasteiger partial charge on any atom is 0.407 e. The number of ether oxygens (including phenoxy) is 1. The smallest absolute Gasteiger partial charge is 0.407 e. The minimum atomic E-state index is -0.786. The van der Waals surface area contributed by atoms with E-state index in [4.69, 9.17) is 9.84 Å². The lowest BCUT2D eigenvalue weighted by atomic mass is 10.2. The molecule has 0 aromatic rings. The van der Waals surface area contributed by atoms with Gasteiger partial charge in [0.05, 0.1) is 5.92 Å². The monoisotopic (exact) mass is 215 g/mol. The Morgan fingerprint density at radius 1 is 1.47 bits per heavy atom. The molecule has 2 N–H and O–H groups in total. The Morgan fingerprint density at radius 3 is 2.47 bits per heavy atom. The molecule has 0 saturated heterocycles. The van der Waals surface area contributed by atoms with Crippen molar-refractivity contribution in [2.45, 2.75) is 32.8 Å². The summed E-state index contributed by atoms with van der Waals surface area (Å²) in [6, 6.07) is 0. The number of rotatable bonds is 3. The zero-order valence-corrected chi connectivity index (χ0v) is 9.24. The second kappa shape index (κ2) is 4.08. The Morgan fingerprint density at radius 2 is 2.07 bits per heavy atom. The maximum atomic E-state index is 11.2. The highest BCUT2D eigenvalue weighted by molar-refractivity contribution is 5.74. The number of carboxylic acid groups (broad SMARTS) is 1. The third-order valence-corrected chi connectivity index (χ3v) is 2.15. The van der Waals surface area contributed by atoms with Crippen LogP contribution >= 0.6 is 0 Å². The second-order valence-corrected chi connectivity index (χ2v) is 4.82. The van der Waals surface area contributed by atoms with Gasteiger partial charge < -0.3 is 15.2 Å². The fourth-order valence-corrected chi connectivity index (χ4v) is 1.30. The van der Waals surface area contributed by atoms with Gasteiger partial charge in [-0.3, -0.25) is 4.79 Å². The Labute approximate surface area is 88.8 Å². The molecule has 0 heterocycles. The van der Waals surface area contributed by atoms with Crippen LogP contribution in [-0.2, 0) is 9.53 Å². The van der Waals surface area contributed by atoms with Gasteiger partial charge in [-0.2, -0.15) is 0 Å². The van der Waals surface area contributed by atoms with E-state index in [1.165, 1.54) is 0 Å². The predicted octanol–water partition coefficient (Wildman–Crippen LogP) is 1.23. The number of aliphatic carboxylic acids is 1. The lowest BCUT2D eigenvalue weighted by molar-refractivity contribution is -0.138. The van der Waals surface area contributed by atoms with Crippen LogP contribution in [0.2, 0.25) is 0 Å². The lowest BCUT2D eigenvalue weighted by Gasteiger charge is -2.19. The fourth-order valence-electron chi connectivity index (χ4n) is 1.30. The van der Waals surface area contributed by atoms with Gasteiger partial charge in [-0.25, -0.2) is 4.79 Å². The van der Waals surface area contributed by atoms with Crippen molar-refractivity contribution < 1.29 is 19.4 Å². The standard InChI is InChI=1S/C10H17NO4/c1-10(2,3)15-9(14)11-5-6-4-7(6)8(12)13/h6-7H,4-5H2,1-3H3,(H,11,14)(H,12,13). The zero-order chi connectivity index (χ0) is 11.6. The molecule has 15 heavy (non-hydrogen) atoms. The quantitative estimate of drug-likeness (QED) is 0.742. The zero-order valence-electron chi connectivity index (χ0n) is 9.24. The van der Waals surface area contributed by atoms with Crippen molar-refractivity contribution >= 4 is 12.1 Å². The molecule has 1 saturated carbocycles. The molecule has 1 aliphatic rings. The van der Waals surface area contributed by atoms with Gasteiger partial charge in [0.1, 0.15) is 5.60 Å². The fraction of sp³-hybridized carbons (Fsp3) is 0.800. The first-order valence-electron chi connectivity index (χ1n) is 4.99. The van der Waals surface area contributed by atoms with E-state index in [9.17, 15) is 9.59 Å². The highest BCUT2D eigenvalue weighted by Crippen LogP contribution is 2.37. The molecule has 1 rings (SSSR count). The SMILES string of the molecule is CC(C)(C)OC(=O)NCC1CC1C(=O)O. The molecule has 0 aliphatic heterocycles. The lowest BCUT2D eigenvalue weighted by Crippen LogP contribution is -2.33. The molecule has 86 valence electrons. The first kappa shape index (κ1) is 11.8. The van der Waals surface area contributed by atoms with Crippen LogP contribution in [0, 0.1) is 11.8 Å². The van der Waals surface area contributed by atoms with Crippen LogP contribution in [0.25, 0.3) is 0 Å². The van der Waals surface area contributed by atoms with E-state index < -0.39 is 17.7 Å². The number of carboxylic acids is 1. The Bertz CT molecular complexity index is 269. The van der Waals surface area contributed by atoms with Crippen LogP contribution < -0.4 is 5.32 Å². The highest BCUT2D eigenvalue weighted by atomic mass is 16.6. The number of carbonyl (C=O) groups is 2. The molecular weight excluding hydrogens is 198 g/mol. The van der Waals surface area contributed by atoms with E-state index in [-0.39, 0.29) is 11.8 Å². The van der Waals surface area contributed by atoms with E-state index in [0.717, 1.165) is 0 Å². The molecule has 1 aliphatic carbocycles. The van der Waals surface area contributed by atoms with Gasteiger partial charge in [0.15, 0.2) is 0 Å². The van der Waals surface area contributed by atoms with Crippen molar-refractivity contribution in [2.24, 2.45) is 11.8 Å². The van der Waals surface area contributed by atoms with Gasteiger partial charge in [0, 0.05) is 6.54 Å². The number of alkyl carbamates (subject to hydrolysis) is 1. The minimum absolute atomic E-state index is 0.0648. The van der Waals surface area contributed by atoms with E-state index in [1.54, 1.807) is 20.8 Å². The van der Waals surface area contributed by atoms with Crippen LogP contribution in [-0.4, -0.2) is 29.3 Å². The third-order valence-electron chi connectivity index (χ3n) is 2.15. The van der Waals surface area contributed by atoms with Gasteiger partial charge in [-0.05, 0) is 33.1 Å². The molecule has 0 spiro atoms. The van der Waals surface area contributed by atoms with Crippen LogP contribution in [0.1, 0.15) is 27.2 Å². The van der Waals surface area contributed by atoms with Gasteiger partial charge in [0.2, 0.25) is 0 Å². The maximum absolute atomic E-state index is 11.2. The molecule has 5 nitrogen and oxygen atoms in total. The van der Waals surface area contributed by atoms with Crippen molar-refractivity contribution in [3.8, 4) is 0 Å². The van der Waals surface area contributed by atoms with Crippen molar-refractivity contribution in [3.63, 3.8) is 0 Å². The number of carbonyl (C=O) groups excluding carboxylic acids is 1. The molecule has 1 amide bonds. The van der Waals surface area contributed by atoms with Crippen LogP contribution in [0.3, 0.4) is 0 Å². The first-order valence-corrected chi connectivity index (χ1v) is 4.99. The van der Waals surface area contributed by atoms with E-state index in [1.807, 2.05) is 0 Å². The minimum Gasteiger partial charge on any atom is -0.481 e. The van der Waals surface area contributed by atoms with Crippen molar-refractivity contribution in [1.82, 2.24) is 5.32 Å². The summed E-state index contributed by atoms with van der Waals surface area (Å²) in [5.74, 6) is -1.01. The highest BCUT2D eigenvalue weighted by Gasteiger charge is 2.43. The summed E-state index contributed by atoms with van der Waals surface area (Å²) in [7, 11) is 0.